The molecule has 1 unspecified atom stereocenters. The van der Waals surface area contributed by atoms with Gasteiger partial charge in [-0.2, -0.15) is 0 Å². The summed E-state index contributed by atoms with van der Waals surface area (Å²) in [6.07, 6.45) is 0. The van der Waals surface area contributed by atoms with Crippen LogP contribution < -0.4 is 14.4 Å². The van der Waals surface area contributed by atoms with Crippen molar-refractivity contribution in [2.45, 2.75) is 13.0 Å². The van der Waals surface area contributed by atoms with Gasteiger partial charge >= 0.3 is 0 Å². The number of aliphatic hydroxyl groups is 1. The van der Waals surface area contributed by atoms with E-state index in [1.807, 2.05) is 0 Å². The first kappa shape index (κ1) is 24.4. The Kier molecular flexibility index (Phi) is 6.65. The zero-order valence-corrected chi connectivity index (χ0v) is 20.5. The van der Waals surface area contributed by atoms with Crippen LogP contribution in [0.15, 0.2) is 60.2 Å². The monoisotopic (exact) mass is 513 g/mol. The normalized spacial score (nSPS) is 17.1. The molecule has 3 aromatic rings. The second-order valence-corrected chi connectivity index (χ2v) is 8.72. The highest BCUT2D eigenvalue weighted by molar-refractivity contribution is 6.52. The van der Waals surface area contributed by atoms with Crippen LogP contribution in [0.4, 0.5) is 5.69 Å². The number of carbonyl (C=O) groups is 2. The molecule has 3 aromatic carbocycles. The Morgan fingerprint density at radius 2 is 1.63 bits per heavy atom. The zero-order valence-electron chi connectivity index (χ0n) is 19.0. The highest BCUT2D eigenvalue weighted by atomic mass is 35.5. The van der Waals surface area contributed by atoms with Crippen LogP contribution in [0.2, 0.25) is 10.0 Å². The second kappa shape index (κ2) is 9.52. The van der Waals surface area contributed by atoms with E-state index < -0.39 is 23.5 Å². The number of anilines is 1. The lowest BCUT2D eigenvalue weighted by atomic mass is 9.94. The standard InChI is InChI=1S/C26H21Cl2NO6/c1-13-10-17(25(35-3)19(28)11-13)23(31)21-22(14-4-7-16(30)8-5-14)29(26(33)24(21)32)15-6-9-20(34-2)18(27)12-15/h4-12,22,30-31H,1-3H3/b23-21+. The highest BCUT2D eigenvalue weighted by Gasteiger charge is 2.47. The largest absolute Gasteiger partial charge is 0.508 e. The van der Waals surface area contributed by atoms with Gasteiger partial charge in [-0.25, -0.2) is 0 Å². The van der Waals surface area contributed by atoms with E-state index in [9.17, 15) is 19.8 Å². The summed E-state index contributed by atoms with van der Waals surface area (Å²) in [6.45, 7) is 1.78. The number of aromatic hydroxyl groups is 1. The number of benzene rings is 3. The van der Waals surface area contributed by atoms with E-state index in [0.29, 0.717) is 17.0 Å². The molecule has 0 aromatic heterocycles. The molecule has 0 spiro atoms. The van der Waals surface area contributed by atoms with E-state index in [2.05, 4.69) is 0 Å². The van der Waals surface area contributed by atoms with Gasteiger partial charge in [0.05, 0.1) is 41.4 Å². The Labute approximate surface area is 211 Å². The minimum absolute atomic E-state index is 0.00493. The SMILES string of the molecule is COc1ccc(N2C(=O)C(=O)/C(=C(/O)c3cc(C)cc(Cl)c3OC)C2c2ccc(O)cc2)cc1Cl. The van der Waals surface area contributed by atoms with Gasteiger partial charge in [0, 0.05) is 5.69 Å². The van der Waals surface area contributed by atoms with Crippen LogP contribution in [0, 0.1) is 6.92 Å². The van der Waals surface area contributed by atoms with E-state index in [1.165, 1.54) is 37.3 Å². The van der Waals surface area contributed by atoms with Crippen LogP contribution in [0.25, 0.3) is 5.76 Å². The van der Waals surface area contributed by atoms with Gasteiger partial charge in [-0.15, -0.1) is 0 Å². The Hall–Kier alpha value is -3.68. The predicted molar refractivity (Wildman–Crippen MR) is 134 cm³/mol. The van der Waals surface area contributed by atoms with Crippen molar-refractivity contribution in [3.05, 3.63) is 86.9 Å². The van der Waals surface area contributed by atoms with Gasteiger partial charge in [0.2, 0.25) is 0 Å². The molecule has 1 aliphatic heterocycles. The molecular formula is C26H21Cl2NO6. The van der Waals surface area contributed by atoms with Gasteiger partial charge in [0.1, 0.15) is 23.0 Å². The average molecular weight is 514 g/mol. The molecule has 1 heterocycles. The van der Waals surface area contributed by atoms with Crippen LogP contribution in [0.3, 0.4) is 0 Å². The van der Waals surface area contributed by atoms with Gasteiger partial charge in [-0.1, -0.05) is 35.3 Å². The molecule has 4 rings (SSSR count). The number of nitrogens with zero attached hydrogens (tertiary/aromatic N) is 1. The van der Waals surface area contributed by atoms with Crippen molar-refractivity contribution in [1.82, 2.24) is 0 Å². The molecule has 1 fully saturated rings. The van der Waals surface area contributed by atoms with E-state index in [1.54, 1.807) is 43.3 Å². The minimum atomic E-state index is -1.02. The van der Waals surface area contributed by atoms with Gasteiger partial charge in [0.25, 0.3) is 11.7 Å². The number of amides is 1. The number of rotatable bonds is 5. The van der Waals surface area contributed by atoms with Crippen molar-refractivity contribution in [1.29, 1.82) is 0 Å². The van der Waals surface area contributed by atoms with Crippen molar-refractivity contribution in [3.8, 4) is 17.2 Å². The molecule has 9 heteroatoms. The average Bonchev–Trinajstić information content (AvgIpc) is 3.09. The summed E-state index contributed by atoms with van der Waals surface area (Å²) >= 11 is 12.6. The summed E-state index contributed by atoms with van der Waals surface area (Å²) in [5.41, 5.74) is 1.53. The fraction of sp³-hybridized carbons (Fsp3) is 0.154. The number of halogens is 2. The van der Waals surface area contributed by atoms with Crippen LogP contribution in [0.1, 0.15) is 22.7 Å². The lowest BCUT2D eigenvalue weighted by Crippen LogP contribution is -2.29. The number of ether oxygens (including phenoxy) is 2. The van der Waals surface area contributed by atoms with E-state index >= 15 is 0 Å². The number of hydrogen-bond donors (Lipinski definition) is 2. The predicted octanol–water partition coefficient (Wildman–Crippen LogP) is 5.65. The van der Waals surface area contributed by atoms with Crippen LogP contribution >= 0.6 is 23.2 Å². The smallest absolute Gasteiger partial charge is 0.300 e. The van der Waals surface area contributed by atoms with Crippen molar-refractivity contribution in [2.24, 2.45) is 0 Å². The summed E-state index contributed by atoms with van der Waals surface area (Å²) in [7, 11) is 2.85. The maximum atomic E-state index is 13.3. The molecule has 1 amide bonds. The molecule has 35 heavy (non-hydrogen) atoms. The lowest BCUT2D eigenvalue weighted by molar-refractivity contribution is -0.132. The molecule has 7 nitrogen and oxygen atoms in total. The van der Waals surface area contributed by atoms with Crippen LogP contribution in [0.5, 0.6) is 17.2 Å². The van der Waals surface area contributed by atoms with Crippen LogP contribution in [-0.4, -0.2) is 36.1 Å². The minimum Gasteiger partial charge on any atom is -0.508 e. The van der Waals surface area contributed by atoms with Crippen molar-refractivity contribution >= 4 is 46.3 Å². The number of Topliss-reactive ketones (excluding diaryl/α,β-unsaturated/α-hetero) is 1. The molecular weight excluding hydrogens is 493 g/mol. The first-order valence-electron chi connectivity index (χ1n) is 10.5. The Bertz CT molecular complexity index is 1370. The Morgan fingerprint density at radius 1 is 0.943 bits per heavy atom. The van der Waals surface area contributed by atoms with Crippen molar-refractivity contribution in [3.63, 3.8) is 0 Å². The molecule has 2 N–H and O–H groups in total. The molecule has 1 atom stereocenters. The van der Waals surface area contributed by atoms with E-state index in [-0.39, 0.29) is 32.7 Å². The number of aliphatic hydroxyl groups excluding tert-OH is 1. The van der Waals surface area contributed by atoms with E-state index in [4.69, 9.17) is 32.7 Å². The molecule has 0 radical (unpaired) electrons. The van der Waals surface area contributed by atoms with Gasteiger partial charge in [-0.3, -0.25) is 14.5 Å². The third kappa shape index (κ3) is 4.29. The highest BCUT2D eigenvalue weighted by Crippen LogP contribution is 2.45. The number of methoxy groups -OCH3 is 2. The number of carbonyl (C=O) groups excluding carboxylic acids is 2. The van der Waals surface area contributed by atoms with Crippen molar-refractivity contribution in [2.75, 3.05) is 19.1 Å². The quantitative estimate of drug-likeness (QED) is 0.260. The third-order valence-corrected chi connectivity index (χ3v) is 6.29. The molecule has 0 bridgehead atoms. The molecule has 1 aliphatic rings. The zero-order chi connectivity index (χ0) is 25.4. The fourth-order valence-electron chi connectivity index (χ4n) is 4.13. The maximum absolute atomic E-state index is 13.3. The Morgan fingerprint density at radius 3 is 2.23 bits per heavy atom. The summed E-state index contributed by atoms with van der Waals surface area (Å²) in [5.74, 6) is -1.63. The topological polar surface area (TPSA) is 96.3 Å². The summed E-state index contributed by atoms with van der Waals surface area (Å²) < 4.78 is 10.6. The summed E-state index contributed by atoms with van der Waals surface area (Å²) in [6, 6.07) is 12.9. The lowest BCUT2D eigenvalue weighted by Gasteiger charge is -2.26. The number of phenols is 1. The Balaban J connectivity index is 2.00. The first-order valence-corrected chi connectivity index (χ1v) is 11.2. The number of phenolic OH excluding ortho intramolecular Hbond substituents is 1. The molecule has 1 saturated heterocycles. The maximum Gasteiger partial charge on any atom is 0.300 e. The summed E-state index contributed by atoms with van der Waals surface area (Å²) in [4.78, 5) is 27.9. The molecule has 180 valence electrons. The summed E-state index contributed by atoms with van der Waals surface area (Å²) in [5, 5.41) is 21.7. The number of aryl methyl sites for hydroxylation is 1. The fourth-order valence-corrected chi connectivity index (χ4v) is 4.74. The third-order valence-electron chi connectivity index (χ3n) is 5.71. The molecule has 0 aliphatic carbocycles. The number of hydrogen-bond acceptors (Lipinski definition) is 6. The molecule has 0 saturated carbocycles. The first-order chi connectivity index (χ1) is 16.7. The van der Waals surface area contributed by atoms with Gasteiger partial charge in [0.15, 0.2) is 0 Å². The van der Waals surface area contributed by atoms with Crippen molar-refractivity contribution < 1.29 is 29.3 Å². The second-order valence-electron chi connectivity index (χ2n) is 7.91. The van der Waals surface area contributed by atoms with Gasteiger partial charge in [-0.05, 0) is 60.5 Å². The van der Waals surface area contributed by atoms with Crippen LogP contribution in [-0.2, 0) is 9.59 Å². The van der Waals surface area contributed by atoms with Gasteiger partial charge < -0.3 is 19.7 Å². The number of ketones is 1. The van der Waals surface area contributed by atoms with E-state index in [0.717, 1.165) is 5.56 Å².